The van der Waals surface area contributed by atoms with Crippen molar-refractivity contribution in [2.24, 2.45) is 5.73 Å². The van der Waals surface area contributed by atoms with Crippen LogP contribution >= 0.6 is 0 Å². The first-order valence-electron chi connectivity index (χ1n) is 9.71. The molecule has 5 heteroatoms. The van der Waals surface area contributed by atoms with Gasteiger partial charge in [-0.25, -0.2) is 4.98 Å². The first-order chi connectivity index (χ1) is 14.6. The predicted molar refractivity (Wildman–Crippen MR) is 117 cm³/mol. The molecule has 0 aliphatic heterocycles. The zero-order valence-electron chi connectivity index (χ0n) is 16.9. The quantitative estimate of drug-likeness (QED) is 0.497. The third-order valence-corrected chi connectivity index (χ3v) is 5.34. The lowest BCUT2D eigenvalue weighted by Gasteiger charge is -2.39. The fourth-order valence-corrected chi connectivity index (χ4v) is 4.18. The summed E-state index contributed by atoms with van der Waals surface area (Å²) in [6.45, 7) is 1.86. The Morgan fingerprint density at radius 1 is 0.833 bits per heavy atom. The van der Waals surface area contributed by atoms with Crippen LogP contribution in [-0.4, -0.2) is 22.6 Å². The van der Waals surface area contributed by atoms with E-state index in [0.717, 1.165) is 16.7 Å². The molecule has 30 heavy (non-hydrogen) atoms. The van der Waals surface area contributed by atoms with Crippen LogP contribution in [-0.2, 0) is 5.54 Å². The molecule has 0 radical (unpaired) electrons. The molecule has 4 rings (SSSR count). The summed E-state index contributed by atoms with van der Waals surface area (Å²) in [5.41, 5.74) is 7.96. The Bertz CT molecular complexity index is 1060. The second-order valence-corrected chi connectivity index (χ2v) is 7.03. The number of benzene rings is 3. The van der Waals surface area contributed by atoms with Crippen LogP contribution in [0.25, 0.3) is 0 Å². The first-order valence-corrected chi connectivity index (χ1v) is 9.71. The molecule has 5 nitrogen and oxygen atoms in total. The molecule has 150 valence electrons. The van der Waals surface area contributed by atoms with Gasteiger partial charge in [0.2, 0.25) is 5.88 Å². The van der Waals surface area contributed by atoms with Crippen LogP contribution in [0, 0.1) is 6.92 Å². The number of primary amides is 1. The second kappa shape index (κ2) is 7.87. The number of hydrogen-bond donors (Lipinski definition) is 1. The van der Waals surface area contributed by atoms with E-state index >= 15 is 0 Å². The highest BCUT2D eigenvalue weighted by Crippen LogP contribution is 2.44. The topological polar surface area (TPSA) is 70.1 Å². The van der Waals surface area contributed by atoms with Gasteiger partial charge in [0, 0.05) is 0 Å². The lowest BCUT2D eigenvalue weighted by molar-refractivity contribution is 0.0992. The molecule has 0 bridgehead atoms. The van der Waals surface area contributed by atoms with Gasteiger partial charge in [-0.1, -0.05) is 91.0 Å². The van der Waals surface area contributed by atoms with Crippen molar-refractivity contribution >= 4 is 5.91 Å². The van der Waals surface area contributed by atoms with Gasteiger partial charge < -0.3 is 10.5 Å². The lowest BCUT2D eigenvalue weighted by Crippen LogP contribution is -2.38. The summed E-state index contributed by atoms with van der Waals surface area (Å²) in [7, 11) is 1.53. The van der Waals surface area contributed by atoms with Gasteiger partial charge in [0.25, 0.3) is 5.91 Å². The van der Waals surface area contributed by atoms with Crippen LogP contribution in [0.1, 0.15) is 33.0 Å². The van der Waals surface area contributed by atoms with Gasteiger partial charge in [-0.05, 0) is 23.6 Å². The summed E-state index contributed by atoms with van der Waals surface area (Å²) < 4.78 is 7.69. The van der Waals surface area contributed by atoms with Gasteiger partial charge in [0.15, 0.2) is 5.69 Å². The average molecular weight is 397 g/mol. The summed E-state index contributed by atoms with van der Waals surface area (Å²) in [5, 5.41) is 0. The van der Waals surface area contributed by atoms with E-state index in [0.29, 0.717) is 11.7 Å². The van der Waals surface area contributed by atoms with E-state index in [1.165, 1.54) is 7.11 Å². The van der Waals surface area contributed by atoms with E-state index in [9.17, 15) is 4.79 Å². The number of nitrogens with zero attached hydrogens (tertiary/aromatic N) is 2. The molecule has 0 unspecified atom stereocenters. The molecule has 1 amide bonds. The van der Waals surface area contributed by atoms with Crippen LogP contribution in [0.4, 0.5) is 0 Å². The van der Waals surface area contributed by atoms with Crippen molar-refractivity contribution in [2.45, 2.75) is 12.5 Å². The summed E-state index contributed by atoms with van der Waals surface area (Å²) in [4.78, 5) is 16.6. The number of methoxy groups -OCH3 is 1. The highest BCUT2D eigenvalue weighted by molar-refractivity contribution is 5.93. The van der Waals surface area contributed by atoms with Gasteiger partial charge in [-0.15, -0.1) is 0 Å². The summed E-state index contributed by atoms with van der Waals surface area (Å²) in [6.07, 6.45) is 0. The minimum atomic E-state index is -0.820. The molecule has 0 fully saturated rings. The van der Waals surface area contributed by atoms with Crippen molar-refractivity contribution in [3.8, 4) is 5.88 Å². The molecule has 2 N–H and O–H groups in total. The number of amides is 1. The van der Waals surface area contributed by atoms with E-state index in [-0.39, 0.29) is 5.69 Å². The fourth-order valence-electron chi connectivity index (χ4n) is 4.18. The Balaban J connectivity index is 2.22. The number of imidazole rings is 1. The molecule has 1 heterocycles. The number of carbonyl (C=O) groups excluding carboxylic acids is 1. The number of hydrogen-bond acceptors (Lipinski definition) is 3. The van der Waals surface area contributed by atoms with Crippen LogP contribution in [0.15, 0.2) is 91.0 Å². The molecule has 0 aliphatic rings. The molecule has 3 aromatic carbocycles. The Hall–Kier alpha value is -3.86. The smallest absolute Gasteiger partial charge is 0.272 e. The van der Waals surface area contributed by atoms with Gasteiger partial charge >= 0.3 is 0 Å². The number of nitrogens with two attached hydrogens (primary N) is 1. The maximum absolute atomic E-state index is 12.1. The van der Waals surface area contributed by atoms with Crippen LogP contribution in [0.2, 0.25) is 0 Å². The van der Waals surface area contributed by atoms with Crippen molar-refractivity contribution in [1.82, 2.24) is 9.55 Å². The number of aromatic nitrogens is 2. The van der Waals surface area contributed by atoms with Crippen LogP contribution in [0.5, 0.6) is 5.88 Å². The zero-order valence-corrected chi connectivity index (χ0v) is 16.9. The average Bonchev–Trinajstić information content (AvgIpc) is 3.14. The van der Waals surface area contributed by atoms with E-state index < -0.39 is 11.4 Å². The maximum atomic E-state index is 12.1. The molecule has 0 spiro atoms. The van der Waals surface area contributed by atoms with E-state index in [2.05, 4.69) is 41.4 Å². The molecular weight excluding hydrogens is 374 g/mol. The number of carbonyl (C=O) groups is 1. The van der Waals surface area contributed by atoms with Crippen molar-refractivity contribution < 1.29 is 9.53 Å². The standard InChI is InChI=1S/C25H23N3O2/c1-18-27-22(23(26)29)24(30-2)28(18)25(19-12-6-3-7-13-19,20-14-8-4-9-15-20)21-16-10-5-11-17-21/h3-17H,1-2H3,(H2,26,29). The molecule has 1 aromatic heterocycles. The van der Waals surface area contributed by atoms with Gasteiger partial charge in [-0.2, -0.15) is 0 Å². The highest BCUT2D eigenvalue weighted by atomic mass is 16.5. The molecule has 4 aromatic rings. The number of aryl methyl sites for hydroxylation is 1. The molecule has 0 saturated carbocycles. The number of ether oxygens (including phenoxy) is 1. The highest BCUT2D eigenvalue weighted by Gasteiger charge is 2.42. The zero-order chi connectivity index (χ0) is 21.1. The normalized spacial score (nSPS) is 11.3. The van der Waals surface area contributed by atoms with E-state index in [4.69, 9.17) is 10.5 Å². The van der Waals surface area contributed by atoms with E-state index in [1.807, 2.05) is 66.1 Å². The fraction of sp³-hybridized carbons (Fsp3) is 0.120. The van der Waals surface area contributed by atoms with Crippen LogP contribution in [0.3, 0.4) is 0 Å². The maximum Gasteiger partial charge on any atom is 0.272 e. The van der Waals surface area contributed by atoms with Gasteiger partial charge in [0.05, 0.1) is 7.11 Å². The van der Waals surface area contributed by atoms with Crippen molar-refractivity contribution in [3.05, 3.63) is 119 Å². The minimum absolute atomic E-state index is 0.113. The minimum Gasteiger partial charge on any atom is -0.480 e. The third-order valence-electron chi connectivity index (χ3n) is 5.34. The second-order valence-electron chi connectivity index (χ2n) is 7.03. The van der Waals surface area contributed by atoms with Crippen LogP contribution < -0.4 is 10.5 Å². The van der Waals surface area contributed by atoms with Gasteiger partial charge in [0.1, 0.15) is 11.4 Å². The monoisotopic (exact) mass is 397 g/mol. The summed E-state index contributed by atoms with van der Waals surface area (Å²) in [6, 6.07) is 30.4. The SMILES string of the molecule is COc1c(C(N)=O)nc(C)n1C(c1ccccc1)(c1ccccc1)c1ccccc1. The third kappa shape index (κ3) is 2.95. The molecule has 0 atom stereocenters. The number of rotatable bonds is 6. The Labute approximate surface area is 175 Å². The first kappa shape index (κ1) is 19.5. The Morgan fingerprint density at radius 3 is 1.57 bits per heavy atom. The van der Waals surface area contributed by atoms with Crippen molar-refractivity contribution in [2.75, 3.05) is 7.11 Å². The molecule has 0 aliphatic carbocycles. The Morgan fingerprint density at radius 2 is 1.23 bits per heavy atom. The Kier molecular flexibility index (Phi) is 5.11. The van der Waals surface area contributed by atoms with E-state index in [1.54, 1.807) is 0 Å². The van der Waals surface area contributed by atoms with Gasteiger partial charge in [-0.3, -0.25) is 9.36 Å². The van der Waals surface area contributed by atoms with Crippen molar-refractivity contribution in [1.29, 1.82) is 0 Å². The predicted octanol–water partition coefficient (Wildman–Crippen LogP) is 4.14. The lowest BCUT2D eigenvalue weighted by atomic mass is 9.76. The molecule has 0 saturated heterocycles. The van der Waals surface area contributed by atoms with Crippen molar-refractivity contribution in [3.63, 3.8) is 0 Å². The summed E-state index contributed by atoms with van der Waals surface area (Å²) in [5.74, 6) is 0.325. The summed E-state index contributed by atoms with van der Waals surface area (Å²) >= 11 is 0. The molecular formula is C25H23N3O2. The largest absolute Gasteiger partial charge is 0.480 e.